The molecule has 1 aliphatic heterocycles. The van der Waals surface area contributed by atoms with E-state index >= 15 is 0 Å². The summed E-state index contributed by atoms with van der Waals surface area (Å²) in [6, 6.07) is 0. The molecule has 0 radical (unpaired) electrons. The quantitative estimate of drug-likeness (QED) is 0.684. The van der Waals surface area contributed by atoms with Crippen LogP contribution in [0.4, 0.5) is 5.82 Å². The van der Waals surface area contributed by atoms with E-state index in [1.807, 2.05) is 19.3 Å². The second-order valence-electron chi connectivity index (χ2n) is 4.16. The minimum Gasteiger partial charge on any atom is -0.354 e. The van der Waals surface area contributed by atoms with Gasteiger partial charge in [-0.05, 0) is 26.9 Å². The summed E-state index contributed by atoms with van der Waals surface area (Å²) in [5, 5.41) is 0. The van der Waals surface area contributed by atoms with Gasteiger partial charge >= 0.3 is 0 Å². The van der Waals surface area contributed by atoms with E-state index in [0.717, 1.165) is 31.1 Å². The lowest BCUT2D eigenvalue weighted by Gasteiger charge is -2.20. The minimum atomic E-state index is 0.977. The van der Waals surface area contributed by atoms with E-state index in [9.17, 15) is 0 Å². The van der Waals surface area contributed by atoms with Crippen molar-refractivity contribution in [3.63, 3.8) is 0 Å². The van der Waals surface area contributed by atoms with E-state index in [1.54, 1.807) is 0 Å². The monoisotopic (exact) mass is 206 g/mol. The lowest BCUT2D eigenvalue weighted by Crippen LogP contribution is -2.29. The van der Waals surface area contributed by atoms with Gasteiger partial charge in [0.25, 0.3) is 0 Å². The summed E-state index contributed by atoms with van der Waals surface area (Å²) < 4.78 is 0. The number of aromatic nitrogens is 2. The Morgan fingerprint density at radius 2 is 1.93 bits per heavy atom. The van der Waals surface area contributed by atoms with Crippen molar-refractivity contribution >= 4 is 5.82 Å². The van der Waals surface area contributed by atoms with Gasteiger partial charge in [-0.1, -0.05) is 0 Å². The van der Waals surface area contributed by atoms with Gasteiger partial charge in [-0.25, -0.2) is 4.98 Å². The molecule has 0 saturated carbocycles. The van der Waals surface area contributed by atoms with Gasteiger partial charge in [0.15, 0.2) is 0 Å². The van der Waals surface area contributed by atoms with Gasteiger partial charge in [-0.15, -0.1) is 0 Å². The van der Waals surface area contributed by atoms with Crippen molar-refractivity contribution in [1.82, 2.24) is 14.9 Å². The molecule has 0 atom stereocenters. The zero-order valence-corrected chi connectivity index (χ0v) is 9.48. The number of hydrogen-bond acceptors (Lipinski definition) is 4. The molecule has 1 aliphatic rings. The van der Waals surface area contributed by atoms with E-state index in [-0.39, 0.29) is 0 Å². The maximum absolute atomic E-state index is 4.41. The molecule has 2 rings (SSSR count). The molecule has 0 bridgehead atoms. The van der Waals surface area contributed by atoms with Crippen LogP contribution in [0.3, 0.4) is 0 Å². The molecule has 1 aromatic rings. The number of anilines is 1. The van der Waals surface area contributed by atoms with E-state index < -0.39 is 0 Å². The first-order valence-electron chi connectivity index (χ1n) is 5.48. The average Bonchev–Trinajstić information content (AvgIpc) is 2.44. The molecule has 4 nitrogen and oxygen atoms in total. The Morgan fingerprint density at radius 1 is 1.07 bits per heavy atom. The fourth-order valence-corrected chi connectivity index (χ4v) is 1.82. The lowest BCUT2D eigenvalue weighted by atomic mass is 10.4. The molecular formula is C11H18N4. The summed E-state index contributed by atoms with van der Waals surface area (Å²) in [7, 11) is 2.17. The van der Waals surface area contributed by atoms with Gasteiger partial charge in [0.1, 0.15) is 5.82 Å². The molecule has 4 heteroatoms. The second kappa shape index (κ2) is 4.57. The molecule has 0 amide bonds. The molecule has 1 fully saturated rings. The number of likely N-dealkylation sites (N-methyl/N-ethyl adjacent to an activating group) is 1. The highest BCUT2D eigenvalue weighted by Crippen LogP contribution is 2.11. The summed E-state index contributed by atoms with van der Waals surface area (Å²) in [5.74, 6) is 1.01. The van der Waals surface area contributed by atoms with Crippen LogP contribution in [0.25, 0.3) is 0 Å². The van der Waals surface area contributed by atoms with E-state index in [0.29, 0.717) is 0 Å². The predicted molar refractivity (Wildman–Crippen MR) is 61.1 cm³/mol. The van der Waals surface area contributed by atoms with Crippen LogP contribution in [0.1, 0.15) is 12.1 Å². The van der Waals surface area contributed by atoms with Crippen LogP contribution >= 0.6 is 0 Å². The molecule has 0 N–H and O–H groups in total. The van der Waals surface area contributed by atoms with Crippen LogP contribution in [-0.4, -0.2) is 48.1 Å². The van der Waals surface area contributed by atoms with Crippen molar-refractivity contribution in [2.75, 3.05) is 38.1 Å². The molecular weight excluding hydrogens is 188 g/mol. The maximum atomic E-state index is 4.41. The lowest BCUT2D eigenvalue weighted by molar-refractivity contribution is 0.360. The summed E-state index contributed by atoms with van der Waals surface area (Å²) >= 11 is 0. The highest BCUT2D eigenvalue weighted by molar-refractivity contribution is 5.35. The van der Waals surface area contributed by atoms with Crippen molar-refractivity contribution in [2.45, 2.75) is 13.3 Å². The Hall–Kier alpha value is -1.16. The molecule has 82 valence electrons. The molecule has 0 aliphatic carbocycles. The minimum absolute atomic E-state index is 0.977. The smallest absolute Gasteiger partial charge is 0.147 e. The standard InChI is InChI=1S/C11H18N4/c1-10-8-13-11(9-12-10)15-5-3-4-14(2)6-7-15/h8-9H,3-7H2,1-2H3. The largest absolute Gasteiger partial charge is 0.354 e. The molecule has 0 spiro atoms. The zero-order valence-electron chi connectivity index (χ0n) is 9.48. The summed E-state index contributed by atoms with van der Waals surface area (Å²) in [4.78, 5) is 13.4. The first-order valence-corrected chi connectivity index (χ1v) is 5.48. The van der Waals surface area contributed by atoms with Gasteiger partial charge in [-0.2, -0.15) is 0 Å². The number of nitrogens with zero attached hydrogens (tertiary/aromatic N) is 4. The van der Waals surface area contributed by atoms with E-state index in [4.69, 9.17) is 0 Å². The number of aryl methyl sites for hydroxylation is 1. The van der Waals surface area contributed by atoms with E-state index in [2.05, 4.69) is 26.8 Å². The molecule has 1 aromatic heterocycles. The summed E-state index contributed by atoms with van der Waals surface area (Å²) in [6.07, 6.45) is 4.91. The second-order valence-corrected chi connectivity index (χ2v) is 4.16. The van der Waals surface area contributed by atoms with Gasteiger partial charge in [0.2, 0.25) is 0 Å². The Morgan fingerprint density at radius 3 is 2.67 bits per heavy atom. The Balaban J connectivity index is 2.06. The van der Waals surface area contributed by atoms with Crippen LogP contribution in [-0.2, 0) is 0 Å². The van der Waals surface area contributed by atoms with Crippen LogP contribution in [0, 0.1) is 6.92 Å². The fraction of sp³-hybridized carbons (Fsp3) is 0.636. The number of rotatable bonds is 1. The first-order chi connectivity index (χ1) is 7.25. The van der Waals surface area contributed by atoms with Crippen LogP contribution in [0.15, 0.2) is 12.4 Å². The predicted octanol–water partition coefficient (Wildman–Crippen LogP) is 0.927. The van der Waals surface area contributed by atoms with E-state index in [1.165, 1.54) is 13.0 Å². The third-order valence-corrected chi connectivity index (χ3v) is 2.81. The molecule has 15 heavy (non-hydrogen) atoms. The molecule has 1 saturated heterocycles. The average molecular weight is 206 g/mol. The Bertz CT molecular complexity index is 309. The summed E-state index contributed by atoms with van der Waals surface area (Å²) in [6.45, 7) is 6.38. The Kier molecular flexibility index (Phi) is 3.16. The third-order valence-electron chi connectivity index (χ3n) is 2.81. The van der Waals surface area contributed by atoms with Crippen LogP contribution < -0.4 is 4.90 Å². The van der Waals surface area contributed by atoms with Crippen molar-refractivity contribution in [1.29, 1.82) is 0 Å². The molecule has 0 aromatic carbocycles. The Labute approximate surface area is 90.9 Å². The highest BCUT2D eigenvalue weighted by Gasteiger charge is 2.13. The highest BCUT2D eigenvalue weighted by atomic mass is 15.2. The topological polar surface area (TPSA) is 32.3 Å². The maximum Gasteiger partial charge on any atom is 0.147 e. The van der Waals surface area contributed by atoms with Gasteiger partial charge < -0.3 is 9.80 Å². The number of hydrogen-bond donors (Lipinski definition) is 0. The summed E-state index contributed by atoms with van der Waals surface area (Å²) in [5.41, 5.74) is 0.977. The van der Waals surface area contributed by atoms with Gasteiger partial charge in [-0.3, -0.25) is 4.98 Å². The van der Waals surface area contributed by atoms with Crippen molar-refractivity contribution in [2.24, 2.45) is 0 Å². The van der Waals surface area contributed by atoms with Crippen molar-refractivity contribution in [3.05, 3.63) is 18.1 Å². The SMILES string of the molecule is Cc1cnc(N2CCCN(C)CC2)cn1. The molecule has 2 heterocycles. The normalized spacial score (nSPS) is 18.9. The van der Waals surface area contributed by atoms with Crippen molar-refractivity contribution in [3.8, 4) is 0 Å². The zero-order chi connectivity index (χ0) is 10.7. The van der Waals surface area contributed by atoms with Crippen molar-refractivity contribution < 1.29 is 0 Å². The molecule has 0 unspecified atom stereocenters. The van der Waals surface area contributed by atoms with Crippen LogP contribution in [0.2, 0.25) is 0 Å². The third kappa shape index (κ3) is 2.65. The van der Waals surface area contributed by atoms with Gasteiger partial charge in [0.05, 0.1) is 18.1 Å². The fourth-order valence-electron chi connectivity index (χ4n) is 1.82. The first kappa shape index (κ1) is 10.4. The van der Waals surface area contributed by atoms with Gasteiger partial charge in [0, 0.05) is 19.6 Å². The van der Waals surface area contributed by atoms with Crippen LogP contribution in [0.5, 0.6) is 0 Å².